The molecule has 246 valence electrons. The Hall–Kier alpha value is -4.29. The van der Waals surface area contributed by atoms with Gasteiger partial charge in [0.2, 0.25) is 5.75 Å². The van der Waals surface area contributed by atoms with Gasteiger partial charge in [-0.05, 0) is 73.7 Å². The number of ether oxygens (including phenoxy) is 6. The van der Waals surface area contributed by atoms with E-state index in [0.717, 1.165) is 11.8 Å². The van der Waals surface area contributed by atoms with Crippen molar-refractivity contribution in [1.29, 1.82) is 0 Å². The van der Waals surface area contributed by atoms with Crippen LogP contribution in [0.5, 0.6) is 28.7 Å². The van der Waals surface area contributed by atoms with E-state index in [-0.39, 0.29) is 35.7 Å². The van der Waals surface area contributed by atoms with Gasteiger partial charge in [0.15, 0.2) is 32.8 Å². The van der Waals surface area contributed by atoms with Crippen molar-refractivity contribution in [3.8, 4) is 28.7 Å². The van der Waals surface area contributed by atoms with Gasteiger partial charge < -0.3 is 28.4 Å². The molecule has 1 fully saturated rings. The highest BCUT2D eigenvalue weighted by atomic mass is 32.2. The highest BCUT2D eigenvalue weighted by Crippen LogP contribution is 2.48. The van der Waals surface area contributed by atoms with E-state index < -0.39 is 33.8 Å². The van der Waals surface area contributed by atoms with E-state index in [4.69, 9.17) is 28.4 Å². The van der Waals surface area contributed by atoms with Crippen molar-refractivity contribution in [3.63, 3.8) is 0 Å². The Morgan fingerprint density at radius 2 is 1.37 bits per heavy atom. The molecule has 46 heavy (non-hydrogen) atoms. The molecule has 0 bridgehead atoms. The smallest absolute Gasteiger partial charge is 0.261 e. The molecular weight excluding hydrogens is 614 g/mol. The molecule has 5 rings (SSSR count). The Balaban J connectivity index is 1.45. The van der Waals surface area contributed by atoms with Crippen LogP contribution in [0.4, 0.5) is 0 Å². The summed E-state index contributed by atoms with van der Waals surface area (Å²) in [6.45, 7) is 3.79. The van der Waals surface area contributed by atoms with Crippen LogP contribution in [0.15, 0.2) is 53.4 Å². The lowest BCUT2D eigenvalue weighted by molar-refractivity contribution is 0.0434. The number of nitrogens with zero attached hydrogens (tertiary/aromatic N) is 1. The van der Waals surface area contributed by atoms with Crippen LogP contribution < -0.4 is 23.7 Å². The first-order valence-corrected chi connectivity index (χ1v) is 17.0. The van der Waals surface area contributed by atoms with Crippen LogP contribution >= 0.6 is 0 Å². The lowest BCUT2D eigenvalue weighted by Crippen LogP contribution is -2.41. The number of amides is 2. The molecule has 3 atom stereocenters. The summed E-state index contributed by atoms with van der Waals surface area (Å²) in [6, 6.07) is 13.0. The maximum Gasteiger partial charge on any atom is 0.261 e. The first-order chi connectivity index (χ1) is 22.0. The Morgan fingerprint density at radius 3 is 1.87 bits per heavy atom. The van der Waals surface area contributed by atoms with Crippen molar-refractivity contribution in [2.24, 2.45) is 0 Å². The second-order valence-corrected chi connectivity index (χ2v) is 13.3. The number of carbonyl (C=O) groups excluding carboxylic acids is 2. The maximum absolute atomic E-state index is 13.1. The van der Waals surface area contributed by atoms with E-state index in [2.05, 4.69) is 0 Å². The monoisotopic (exact) mass is 653 g/mol. The van der Waals surface area contributed by atoms with Gasteiger partial charge in [0, 0.05) is 6.26 Å². The van der Waals surface area contributed by atoms with Crippen molar-refractivity contribution in [2.75, 3.05) is 40.8 Å². The van der Waals surface area contributed by atoms with Crippen LogP contribution in [0.25, 0.3) is 0 Å². The van der Waals surface area contributed by atoms with Crippen molar-refractivity contribution >= 4 is 21.7 Å². The van der Waals surface area contributed by atoms with Gasteiger partial charge in [0.05, 0.1) is 57.3 Å². The lowest BCUT2D eigenvalue weighted by atomic mass is 10.0. The standard InChI is InChI=1S/C34H39NO10S/c1-7-14-43-32-29(44-19-20(2)35-33(36)23-10-8-9-11-24(23)34(35)37)17-22(18-30(32)46(6,38)39)26-13-12-25(45-26)21-15-27(40-3)31(42-5)28(16-21)41-4/h8-11,15-18,20,25-26H,7,12-14,19H2,1-6H3/t20?,25-,26-/m0/s1. The van der Waals surface area contributed by atoms with Gasteiger partial charge in [-0.3, -0.25) is 14.5 Å². The van der Waals surface area contributed by atoms with Crippen molar-refractivity contribution in [3.05, 3.63) is 70.8 Å². The van der Waals surface area contributed by atoms with E-state index in [9.17, 15) is 18.0 Å². The van der Waals surface area contributed by atoms with Gasteiger partial charge >= 0.3 is 0 Å². The second-order valence-electron chi connectivity index (χ2n) is 11.3. The number of rotatable bonds is 13. The molecule has 0 radical (unpaired) electrons. The minimum Gasteiger partial charge on any atom is -0.493 e. The zero-order valence-corrected chi connectivity index (χ0v) is 27.6. The van der Waals surface area contributed by atoms with Crippen molar-refractivity contribution < 1.29 is 46.4 Å². The lowest BCUT2D eigenvalue weighted by Gasteiger charge is -2.25. The van der Waals surface area contributed by atoms with Crippen LogP contribution in [-0.4, -0.2) is 72.0 Å². The van der Waals surface area contributed by atoms with Gasteiger partial charge in [-0.25, -0.2) is 8.42 Å². The third-order valence-electron chi connectivity index (χ3n) is 8.09. The topological polar surface area (TPSA) is 127 Å². The number of methoxy groups -OCH3 is 3. The third kappa shape index (κ3) is 6.36. The fourth-order valence-electron chi connectivity index (χ4n) is 5.82. The van der Waals surface area contributed by atoms with E-state index in [1.807, 2.05) is 19.1 Å². The molecular formula is C34H39NO10S. The van der Waals surface area contributed by atoms with E-state index in [1.54, 1.807) is 57.5 Å². The molecule has 0 aliphatic carbocycles. The van der Waals surface area contributed by atoms with Crippen LogP contribution in [0.3, 0.4) is 0 Å². The molecule has 2 heterocycles. The van der Waals surface area contributed by atoms with Gasteiger partial charge in [-0.1, -0.05) is 19.1 Å². The largest absolute Gasteiger partial charge is 0.493 e. The fraction of sp³-hybridized carbons (Fsp3) is 0.412. The predicted molar refractivity (Wildman–Crippen MR) is 169 cm³/mol. The molecule has 1 unspecified atom stereocenters. The Bertz CT molecular complexity index is 1680. The number of fused-ring (bicyclic) bond motifs is 1. The van der Waals surface area contributed by atoms with E-state index in [0.29, 0.717) is 53.2 Å². The molecule has 12 heteroatoms. The first kappa shape index (κ1) is 33.1. The molecule has 0 spiro atoms. The van der Waals surface area contributed by atoms with Crippen molar-refractivity contribution in [2.45, 2.75) is 56.3 Å². The molecule has 1 saturated heterocycles. The number of imide groups is 1. The number of hydrogen-bond acceptors (Lipinski definition) is 10. The molecule has 0 saturated carbocycles. The minimum absolute atomic E-state index is 0.0262. The first-order valence-electron chi connectivity index (χ1n) is 15.1. The Labute approximate surface area is 269 Å². The summed E-state index contributed by atoms with van der Waals surface area (Å²) in [5.41, 5.74) is 2.11. The summed E-state index contributed by atoms with van der Waals surface area (Å²) in [5, 5.41) is 0. The van der Waals surface area contributed by atoms with Gasteiger partial charge in [0.1, 0.15) is 11.5 Å². The van der Waals surface area contributed by atoms with Crippen LogP contribution in [0.1, 0.15) is 77.2 Å². The summed E-state index contributed by atoms with van der Waals surface area (Å²) in [7, 11) is 0.867. The normalized spacial score (nSPS) is 18.3. The van der Waals surface area contributed by atoms with Gasteiger partial charge in [-0.15, -0.1) is 0 Å². The van der Waals surface area contributed by atoms with Crippen LogP contribution in [-0.2, 0) is 14.6 Å². The summed E-state index contributed by atoms with van der Waals surface area (Å²) in [5.74, 6) is 0.952. The maximum atomic E-state index is 13.1. The average Bonchev–Trinajstić information content (AvgIpc) is 3.64. The summed E-state index contributed by atoms with van der Waals surface area (Å²) >= 11 is 0. The molecule has 0 aromatic heterocycles. The molecule has 3 aromatic rings. The summed E-state index contributed by atoms with van der Waals surface area (Å²) in [4.78, 5) is 27.2. The van der Waals surface area contributed by atoms with Crippen molar-refractivity contribution in [1.82, 2.24) is 4.90 Å². The molecule has 2 aliphatic rings. The Kier molecular flexibility index (Phi) is 9.78. The number of sulfone groups is 1. The molecule has 2 amide bonds. The summed E-state index contributed by atoms with van der Waals surface area (Å²) in [6.07, 6.45) is 2.22. The predicted octanol–water partition coefficient (Wildman–Crippen LogP) is 5.56. The zero-order chi connectivity index (χ0) is 33.2. The average molecular weight is 654 g/mol. The number of benzene rings is 3. The molecule has 11 nitrogen and oxygen atoms in total. The molecule has 2 aliphatic heterocycles. The minimum atomic E-state index is -3.76. The highest BCUT2D eigenvalue weighted by molar-refractivity contribution is 7.90. The SMILES string of the molecule is CCCOc1c(OCC(C)N2C(=O)c3ccccc3C2=O)cc([C@@H]2CC[C@@H](c3cc(OC)c(OC)c(OC)c3)O2)cc1S(C)(=O)=O. The van der Waals surface area contributed by atoms with E-state index >= 15 is 0 Å². The molecule has 0 N–H and O–H groups in total. The zero-order valence-electron chi connectivity index (χ0n) is 26.8. The van der Waals surface area contributed by atoms with Crippen LogP contribution in [0, 0.1) is 0 Å². The highest BCUT2D eigenvalue weighted by Gasteiger charge is 2.39. The van der Waals surface area contributed by atoms with E-state index in [1.165, 1.54) is 12.0 Å². The van der Waals surface area contributed by atoms with Gasteiger partial charge in [0.25, 0.3) is 11.8 Å². The van der Waals surface area contributed by atoms with Gasteiger partial charge in [-0.2, -0.15) is 0 Å². The Morgan fingerprint density at radius 1 is 0.826 bits per heavy atom. The van der Waals surface area contributed by atoms with Crippen LogP contribution in [0.2, 0.25) is 0 Å². The second kappa shape index (κ2) is 13.6. The summed E-state index contributed by atoms with van der Waals surface area (Å²) < 4.78 is 61.2. The number of hydrogen-bond donors (Lipinski definition) is 0. The number of carbonyl (C=O) groups is 2. The third-order valence-corrected chi connectivity index (χ3v) is 9.19. The fourth-order valence-corrected chi connectivity index (χ4v) is 6.67. The molecule has 3 aromatic carbocycles. The quantitative estimate of drug-likeness (QED) is 0.216.